The van der Waals surface area contributed by atoms with Crippen LogP contribution in [0.1, 0.15) is 30.0 Å². The molecule has 0 fully saturated rings. The van der Waals surface area contributed by atoms with Crippen LogP contribution in [0.5, 0.6) is 0 Å². The van der Waals surface area contributed by atoms with Gasteiger partial charge in [-0.1, -0.05) is 39.7 Å². The number of aromatic nitrogens is 2. The van der Waals surface area contributed by atoms with E-state index in [0.717, 1.165) is 28.0 Å². The zero-order chi connectivity index (χ0) is 14.0. The number of benzene rings is 1. The maximum Gasteiger partial charge on any atom is 0.0848 e. The van der Waals surface area contributed by atoms with Crippen molar-refractivity contribution in [2.24, 2.45) is 0 Å². The molecule has 3 nitrogen and oxygen atoms in total. The number of hydrogen-bond acceptors (Lipinski definition) is 2. The van der Waals surface area contributed by atoms with Gasteiger partial charge in [-0.25, -0.2) is 0 Å². The second kappa shape index (κ2) is 6.07. The Kier molecular flexibility index (Phi) is 4.66. The zero-order valence-electron chi connectivity index (χ0n) is 10.9. The van der Waals surface area contributed by atoms with E-state index < -0.39 is 6.10 Å². The molecule has 0 spiro atoms. The van der Waals surface area contributed by atoms with Crippen LogP contribution in [0.15, 0.2) is 28.7 Å². The minimum absolute atomic E-state index is 0.462. The molecule has 5 heteroatoms. The number of rotatable bonds is 4. The highest BCUT2D eigenvalue weighted by molar-refractivity contribution is 9.10. The molecule has 1 heterocycles. The number of aliphatic hydroxyl groups is 1. The van der Waals surface area contributed by atoms with Gasteiger partial charge in [-0.3, -0.25) is 4.68 Å². The summed E-state index contributed by atoms with van der Waals surface area (Å²) in [7, 11) is 0. The van der Waals surface area contributed by atoms with Gasteiger partial charge in [0.1, 0.15) is 0 Å². The molecule has 2 rings (SSSR count). The van der Waals surface area contributed by atoms with E-state index in [1.807, 2.05) is 42.8 Å². The molecular weight excluding hydrogens is 328 g/mol. The van der Waals surface area contributed by atoms with E-state index in [9.17, 15) is 5.11 Å². The van der Waals surface area contributed by atoms with Crippen LogP contribution in [0.3, 0.4) is 0 Å². The number of nitrogens with zero attached hydrogens (tertiary/aromatic N) is 2. The maximum absolute atomic E-state index is 10.3. The van der Waals surface area contributed by atoms with Crippen LogP contribution in [0.4, 0.5) is 0 Å². The highest BCUT2D eigenvalue weighted by Crippen LogP contribution is 2.27. The van der Waals surface area contributed by atoms with Crippen LogP contribution in [0.2, 0.25) is 5.02 Å². The van der Waals surface area contributed by atoms with Crippen molar-refractivity contribution < 1.29 is 5.11 Å². The fourth-order valence-electron chi connectivity index (χ4n) is 2.08. The molecular formula is C14H16BrClN2O. The van der Waals surface area contributed by atoms with Gasteiger partial charge < -0.3 is 5.11 Å². The standard InChI is InChI=1S/C14H16BrClN2O/c1-3-18-12(14(16)9(2)17-18)8-13(19)10-5-4-6-11(15)7-10/h4-7,13,19H,3,8H2,1-2H3. The maximum atomic E-state index is 10.3. The van der Waals surface area contributed by atoms with Gasteiger partial charge in [0.2, 0.25) is 0 Å². The lowest BCUT2D eigenvalue weighted by Crippen LogP contribution is -2.08. The summed E-state index contributed by atoms with van der Waals surface area (Å²) >= 11 is 9.66. The Balaban J connectivity index is 2.26. The van der Waals surface area contributed by atoms with Crippen molar-refractivity contribution in [3.05, 3.63) is 50.7 Å². The molecule has 102 valence electrons. The first-order valence-electron chi connectivity index (χ1n) is 6.18. The van der Waals surface area contributed by atoms with Crippen LogP contribution in [-0.2, 0) is 13.0 Å². The fraction of sp³-hybridized carbons (Fsp3) is 0.357. The Morgan fingerprint density at radius 3 is 2.84 bits per heavy atom. The summed E-state index contributed by atoms with van der Waals surface area (Å²) in [6.45, 7) is 4.63. The molecule has 0 aliphatic heterocycles. The lowest BCUT2D eigenvalue weighted by Gasteiger charge is -2.13. The first-order chi connectivity index (χ1) is 9.02. The Labute approximate surface area is 126 Å². The molecule has 0 amide bonds. The van der Waals surface area contributed by atoms with E-state index in [4.69, 9.17) is 11.6 Å². The molecule has 0 saturated carbocycles. The highest BCUT2D eigenvalue weighted by atomic mass is 79.9. The minimum Gasteiger partial charge on any atom is -0.388 e. The summed E-state index contributed by atoms with van der Waals surface area (Å²) in [5.74, 6) is 0. The summed E-state index contributed by atoms with van der Waals surface area (Å²) in [5.41, 5.74) is 2.56. The predicted molar refractivity (Wildman–Crippen MR) is 80.5 cm³/mol. The quantitative estimate of drug-likeness (QED) is 0.914. The van der Waals surface area contributed by atoms with Gasteiger partial charge in [-0.15, -0.1) is 0 Å². The largest absolute Gasteiger partial charge is 0.388 e. The second-order valence-corrected chi connectivity index (χ2v) is 5.73. The molecule has 1 aromatic heterocycles. The fourth-order valence-corrected chi connectivity index (χ4v) is 2.71. The van der Waals surface area contributed by atoms with Gasteiger partial charge in [-0.2, -0.15) is 5.10 Å². The third-order valence-corrected chi connectivity index (χ3v) is 4.06. The summed E-state index contributed by atoms with van der Waals surface area (Å²) in [5, 5.41) is 15.3. The first kappa shape index (κ1) is 14.6. The Morgan fingerprint density at radius 1 is 1.47 bits per heavy atom. The number of halogens is 2. The average molecular weight is 344 g/mol. The van der Waals surface area contributed by atoms with Crippen molar-refractivity contribution in [2.75, 3.05) is 0 Å². The predicted octanol–water partition coefficient (Wildman–Crippen LogP) is 3.90. The molecule has 1 unspecified atom stereocenters. The van der Waals surface area contributed by atoms with Gasteiger partial charge in [0.05, 0.1) is 22.5 Å². The molecule has 1 aromatic carbocycles. The van der Waals surface area contributed by atoms with Crippen LogP contribution in [0, 0.1) is 6.92 Å². The molecule has 0 radical (unpaired) electrons. The molecule has 0 aliphatic rings. The smallest absolute Gasteiger partial charge is 0.0848 e. The van der Waals surface area contributed by atoms with Crippen molar-refractivity contribution in [3.8, 4) is 0 Å². The van der Waals surface area contributed by atoms with E-state index in [1.54, 1.807) is 0 Å². The Morgan fingerprint density at radius 2 is 2.21 bits per heavy atom. The Hall–Kier alpha value is -0.840. The van der Waals surface area contributed by atoms with Crippen LogP contribution < -0.4 is 0 Å². The van der Waals surface area contributed by atoms with Crippen molar-refractivity contribution in [3.63, 3.8) is 0 Å². The van der Waals surface area contributed by atoms with E-state index in [0.29, 0.717) is 11.4 Å². The Bertz CT molecular complexity index is 583. The molecule has 1 N–H and O–H groups in total. The average Bonchev–Trinajstić information content (AvgIpc) is 2.66. The van der Waals surface area contributed by atoms with E-state index >= 15 is 0 Å². The minimum atomic E-state index is -0.587. The second-order valence-electron chi connectivity index (χ2n) is 4.44. The van der Waals surface area contributed by atoms with E-state index in [1.165, 1.54) is 0 Å². The number of aryl methyl sites for hydroxylation is 2. The lowest BCUT2D eigenvalue weighted by molar-refractivity contribution is 0.175. The first-order valence-corrected chi connectivity index (χ1v) is 7.35. The van der Waals surface area contributed by atoms with Crippen molar-refractivity contribution in [2.45, 2.75) is 32.9 Å². The molecule has 0 bridgehead atoms. The molecule has 0 saturated heterocycles. The van der Waals surface area contributed by atoms with Crippen LogP contribution in [-0.4, -0.2) is 14.9 Å². The van der Waals surface area contributed by atoms with Gasteiger partial charge in [0, 0.05) is 17.4 Å². The molecule has 0 aliphatic carbocycles. The lowest BCUT2D eigenvalue weighted by atomic mass is 10.0. The van der Waals surface area contributed by atoms with Gasteiger partial charge in [0.25, 0.3) is 0 Å². The van der Waals surface area contributed by atoms with Crippen molar-refractivity contribution in [1.82, 2.24) is 9.78 Å². The van der Waals surface area contributed by atoms with Gasteiger partial charge in [-0.05, 0) is 31.5 Å². The molecule has 1 atom stereocenters. The zero-order valence-corrected chi connectivity index (χ0v) is 13.2. The topological polar surface area (TPSA) is 38.0 Å². The summed E-state index contributed by atoms with van der Waals surface area (Å²) in [6, 6.07) is 7.66. The summed E-state index contributed by atoms with van der Waals surface area (Å²) in [4.78, 5) is 0. The summed E-state index contributed by atoms with van der Waals surface area (Å²) < 4.78 is 2.80. The molecule has 2 aromatic rings. The van der Waals surface area contributed by atoms with Gasteiger partial charge >= 0.3 is 0 Å². The third kappa shape index (κ3) is 3.19. The van der Waals surface area contributed by atoms with Crippen LogP contribution >= 0.6 is 27.5 Å². The summed E-state index contributed by atoms with van der Waals surface area (Å²) in [6.07, 6.45) is -0.124. The van der Waals surface area contributed by atoms with Crippen molar-refractivity contribution >= 4 is 27.5 Å². The van der Waals surface area contributed by atoms with Crippen molar-refractivity contribution in [1.29, 1.82) is 0 Å². The normalized spacial score (nSPS) is 12.7. The highest BCUT2D eigenvalue weighted by Gasteiger charge is 2.17. The van der Waals surface area contributed by atoms with Gasteiger partial charge in [0.15, 0.2) is 0 Å². The molecule has 19 heavy (non-hydrogen) atoms. The SMILES string of the molecule is CCn1nc(C)c(Cl)c1CC(O)c1cccc(Br)c1. The van der Waals surface area contributed by atoms with E-state index in [-0.39, 0.29) is 0 Å². The van der Waals surface area contributed by atoms with E-state index in [2.05, 4.69) is 21.0 Å². The number of aliphatic hydroxyl groups excluding tert-OH is 1. The van der Waals surface area contributed by atoms with Crippen LogP contribution in [0.25, 0.3) is 0 Å². The number of hydrogen-bond donors (Lipinski definition) is 1. The monoisotopic (exact) mass is 342 g/mol. The third-order valence-electron chi connectivity index (χ3n) is 3.07.